The van der Waals surface area contributed by atoms with E-state index in [0.29, 0.717) is 6.42 Å². The monoisotopic (exact) mass is 253 g/mol. The summed E-state index contributed by atoms with van der Waals surface area (Å²) < 4.78 is 29.3. The maximum absolute atomic E-state index is 10.4. The molecule has 0 aromatic heterocycles. The van der Waals surface area contributed by atoms with Crippen molar-refractivity contribution in [2.75, 3.05) is 5.75 Å². The highest BCUT2D eigenvalue weighted by molar-refractivity contribution is 7.85. The van der Waals surface area contributed by atoms with E-state index in [1.165, 1.54) is 38.5 Å². The Balaban J connectivity index is 0. The van der Waals surface area contributed by atoms with Gasteiger partial charge in [0.25, 0.3) is 10.1 Å². The fourth-order valence-corrected chi connectivity index (χ4v) is 2.16. The SMILES string of the molecule is CCCCCCCCCCCS(=O)(=O)O.N. The third-order valence-corrected chi connectivity index (χ3v) is 3.31. The zero-order valence-electron chi connectivity index (χ0n) is 10.5. The molecule has 0 rings (SSSR count). The van der Waals surface area contributed by atoms with Crippen molar-refractivity contribution >= 4 is 10.1 Å². The Morgan fingerprint density at radius 1 is 0.812 bits per heavy atom. The molecule has 0 unspecified atom stereocenters. The maximum atomic E-state index is 10.4. The van der Waals surface area contributed by atoms with E-state index >= 15 is 0 Å². The molecular formula is C11H27NO3S. The predicted octanol–water partition coefficient (Wildman–Crippen LogP) is 3.57. The van der Waals surface area contributed by atoms with E-state index in [-0.39, 0.29) is 11.9 Å². The van der Waals surface area contributed by atoms with Crippen LogP contribution in [0, 0.1) is 0 Å². The van der Waals surface area contributed by atoms with E-state index < -0.39 is 10.1 Å². The second-order valence-electron chi connectivity index (χ2n) is 4.11. The smallest absolute Gasteiger partial charge is 0.264 e. The lowest BCUT2D eigenvalue weighted by molar-refractivity contribution is 0.478. The molecule has 5 heteroatoms. The molecule has 0 aliphatic rings. The molecule has 0 atom stereocenters. The molecule has 0 fully saturated rings. The molecule has 0 aromatic carbocycles. The molecule has 100 valence electrons. The van der Waals surface area contributed by atoms with Crippen LogP contribution in [0.1, 0.15) is 64.7 Å². The Morgan fingerprint density at radius 2 is 1.19 bits per heavy atom. The first-order valence-corrected chi connectivity index (χ1v) is 7.62. The van der Waals surface area contributed by atoms with Crippen LogP contribution in [-0.4, -0.2) is 18.7 Å². The van der Waals surface area contributed by atoms with Crippen LogP contribution >= 0.6 is 0 Å². The van der Waals surface area contributed by atoms with Crippen molar-refractivity contribution in [2.45, 2.75) is 64.7 Å². The largest absolute Gasteiger partial charge is 0.344 e. The van der Waals surface area contributed by atoms with Gasteiger partial charge in [0.15, 0.2) is 0 Å². The Kier molecular flexibility index (Phi) is 12.9. The quantitative estimate of drug-likeness (QED) is 0.460. The fraction of sp³-hybridized carbons (Fsp3) is 1.00. The third-order valence-electron chi connectivity index (χ3n) is 2.51. The minimum Gasteiger partial charge on any atom is -0.344 e. The highest BCUT2D eigenvalue weighted by atomic mass is 32.2. The second-order valence-corrected chi connectivity index (χ2v) is 5.69. The highest BCUT2D eigenvalue weighted by Gasteiger charge is 2.02. The zero-order valence-corrected chi connectivity index (χ0v) is 11.3. The van der Waals surface area contributed by atoms with Crippen molar-refractivity contribution < 1.29 is 13.0 Å². The number of hydrogen-bond acceptors (Lipinski definition) is 3. The molecule has 0 aromatic rings. The second kappa shape index (κ2) is 11.4. The van der Waals surface area contributed by atoms with Crippen molar-refractivity contribution in [1.82, 2.24) is 6.15 Å². The minimum absolute atomic E-state index is 0. The van der Waals surface area contributed by atoms with Gasteiger partial charge in [0.2, 0.25) is 0 Å². The van der Waals surface area contributed by atoms with Crippen molar-refractivity contribution in [1.29, 1.82) is 0 Å². The lowest BCUT2D eigenvalue weighted by Gasteiger charge is -2.00. The first-order valence-electron chi connectivity index (χ1n) is 6.01. The molecule has 16 heavy (non-hydrogen) atoms. The molecular weight excluding hydrogens is 226 g/mol. The van der Waals surface area contributed by atoms with Crippen molar-refractivity contribution in [3.8, 4) is 0 Å². The van der Waals surface area contributed by atoms with Gasteiger partial charge in [0.05, 0.1) is 5.75 Å². The van der Waals surface area contributed by atoms with Crippen LogP contribution in [-0.2, 0) is 10.1 Å². The van der Waals surface area contributed by atoms with Crippen LogP contribution < -0.4 is 6.15 Å². The first-order chi connectivity index (χ1) is 7.06. The molecule has 0 spiro atoms. The molecule has 0 aliphatic carbocycles. The third kappa shape index (κ3) is 16.3. The lowest BCUT2D eigenvalue weighted by atomic mass is 10.1. The molecule has 0 amide bonds. The topological polar surface area (TPSA) is 89.4 Å². The van der Waals surface area contributed by atoms with Gasteiger partial charge in [-0.2, -0.15) is 8.42 Å². The molecule has 0 bridgehead atoms. The van der Waals surface area contributed by atoms with Crippen LogP contribution in [0.25, 0.3) is 0 Å². The minimum atomic E-state index is -3.73. The van der Waals surface area contributed by atoms with E-state index in [0.717, 1.165) is 12.8 Å². The number of rotatable bonds is 10. The van der Waals surface area contributed by atoms with Gasteiger partial charge < -0.3 is 6.15 Å². The predicted molar refractivity (Wildman–Crippen MR) is 68.7 cm³/mol. The summed E-state index contributed by atoms with van der Waals surface area (Å²) in [5, 5.41) is 0. The summed E-state index contributed by atoms with van der Waals surface area (Å²) in [6.45, 7) is 2.20. The average Bonchev–Trinajstić information content (AvgIpc) is 2.14. The molecule has 0 saturated heterocycles. The molecule has 0 heterocycles. The number of hydrogen-bond donors (Lipinski definition) is 2. The van der Waals surface area contributed by atoms with Crippen LogP contribution in [0.3, 0.4) is 0 Å². The summed E-state index contributed by atoms with van der Waals surface area (Å²) in [6, 6.07) is 0. The summed E-state index contributed by atoms with van der Waals surface area (Å²) in [5.74, 6) is -0.0805. The van der Waals surface area contributed by atoms with E-state index in [4.69, 9.17) is 4.55 Å². The first kappa shape index (κ1) is 18.2. The Hall–Kier alpha value is -0.130. The molecule has 0 saturated carbocycles. The molecule has 0 radical (unpaired) electrons. The van der Waals surface area contributed by atoms with Crippen LogP contribution in [0.4, 0.5) is 0 Å². The molecule has 0 aliphatic heterocycles. The van der Waals surface area contributed by atoms with Crippen LogP contribution in [0.5, 0.6) is 0 Å². The van der Waals surface area contributed by atoms with Gasteiger partial charge >= 0.3 is 0 Å². The Morgan fingerprint density at radius 3 is 1.56 bits per heavy atom. The van der Waals surface area contributed by atoms with Gasteiger partial charge in [0.1, 0.15) is 0 Å². The summed E-state index contributed by atoms with van der Waals surface area (Å²) in [7, 11) is -3.73. The fourth-order valence-electron chi connectivity index (χ4n) is 1.60. The van der Waals surface area contributed by atoms with Crippen molar-refractivity contribution in [3.05, 3.63) is 0 Å². The van der Waals surface area contributed by atoms with E-state index in [2.05, 4.69) is 6.92 Å². The van der Waals surface area contributed by atoms with Gasteiger partial charge in [0, 0.05) is 0 Å². The number of unbranched alkanes of at least 4 members (excludes halogenated alkanes) is 8. The average molecular weight is 253 g/mol. The van der Waals surface area contributed by atoms with Gasteiger partial charge in [-0.05, 0) is 6.42 Å². The van der Waals surface area contributed by atoms with Gasteiger partial charge in [-0.3, -0.25) is 4.55 Å². The van der Waals surface area contributed by atoms with Crippen LogP contribution in [0.2, 0.25) is 0 Å². The summed E-state index contributed by atoms with van der Waals surface area (Å²) in [5.41, 5.74) is 0. The van der Waals surface area contributed by atoms with E-state index in [1.807, 2.05) is 0 Å². The summed E-state index contributed by atoms with van der Waals surface area (Å²) >= 11 is 0. The normalized spacial score (nSPS) is 11.1. The lowest BCUT2D eigenvalue weighted by Crippen LogP contribution is -2.03. The van der Waals surface area contributed by atoms with Crippen molar-refractivity contribution in [2.24, 2.45) is 0 Å². The standard InChI is InChI=1S/C11H24O3S.H3N/c1-2-3-4-5-6-7-8-9-10-11-15(12,13)14;/h2-11H2,1H3,(H,12,13,14);1H3. The zero-order chi connectivity index (χ0) is 11.6. The molecule has 4 nitrogen and oxygen atoms in total. The highest BCUT2D eigenvalue weighted by Crippen LogP contribution is 2.09. The summed E-state index contributed by atoms with van der Waals surface area (Å²) in [6.07, 6.45) is 10.2. The van der Waals surface area contributed by atoms with Crippen molar-refractivity contribution in [3.63, 3.8) is 0 Å². The maximum Gasteiger partial charge on any atom is 0.264 e. The van der Waals surface area contributed by atoms with E-state index in [1.54, 1.807) is 0 Å². The van der Waals surface area contributed by atoms with Crippen LogP contribution in [0.15, 0.2) is 0 Å². The molecule has 4 N–H and O–H groups in total. The summed E-state index contributed by atoms with van der Waals surface area (Å²) in [4.78, 5) is 0. The van der Waals surface area contributed by atoms with Gasteiger partial charge in [-0.25, -0.2) is 0 Å². The van der Waals surface area contributed by atoms with Gasteiger partial charge in [-0.15, -0.1) is 0 Å². The Labute approximate surface area is 100 Å². The Bertz CT molecular complexity index is 227. The van der Waals surface area contributed by atoms with E-state index in [9.17, 15) is 8.42 Å². The van der Waals surface area contributed by atoms with Gasteiger partial charge in [-0.1, -0.05) is 58.3 Å².